The summed E-state index contributed by atoms with van der Waals surface area (Å²) in [6.07, 6.45) is 5.63. The second kappa shape index (κ2) is 5.52. The molecule has 0 spiro atoms. The monoisotopic (exact) mass is 318 g/mol. The molecule has 1 aliphatic carbocycles. The number of hydrogen-bond donors (Lipinski definition) is 1. The van der Waals surface area contributed by atoms with E-state index in [1.165, 1.54) is 22.4 Å². The largest absolute Gasteiger partial charge is 0.545 e. The zero-order chi connectivity index (χ0) is 16.8. The van der Waals surface area contributed by atoms with Gasteiger partial charge >= 0.3 is 0 Å². The fraction of sp³-hybridized carbons (Fsp3) is 0.286. The van der Waals surface area contributed by atoms with Crippen LogP contribution in [0.25, 0.3) is 0 Å². The second-order valence-corrected chi connectivity index (χ2v) is 6.86. The molecule has 122 valence electrons. The summed E-state index contributed by atoms with van der Waals surface area (Å²) >= 11 is 0. The fourth-order valence-corrected chi connectivity index (χ4v) is 4.08. The normalized spacial score (nSPS) is 24.2. The Labute approximate surface area is 142 Å². The van der Waals surface area contributed by atoms with Crippen molar-refractivity contribution in [3.8, 4) is 0 Å². The van der Waals surface area contributed by atoms with Gasteiger partial charge in [0, 0.05) is 11.6 Å². The van der Waals surface area contributed by atoms with Crippen LogP contribution in [0.2, 0.25) is 0 Å². The molecule has 0 amide bonds. The lowest BCUT2D eigenvalue weighted by molar-refractivity contribution is -0.255. The number of carboxylic acid groups (broad SMARTS) is 1. The maximum Gasteiger partial charge on any atom is 0.0715 e. The summed E-state index contributed by atoms with van der Waals surface area (Å²) in [6.45, 7) is 4.30. The topological polar surface area (TPSA) is 52.2 Å². The van der Waals surface area contributed by atoms with Crippen molar-refractivity contribution in [1.82, 2.24) is 0 Å². The highest BCUT2D eigenvalue weighted by Gasteiger charge is 2.38. The lowest BCUT2D eigenvalue weighted by atomic mass is 9.76. The molecular weight excluding hydrogens is 298 g/mol. The van der Waals surface area contributed by atoms with Crippen LogP contribution in [0.15, 0.2) is 48.6 Å². The first kappa shape index (κ1) is 15.0. The van der Waals surface area contributed by atoms with Crippen molar-refractivity contribution in [2.75, 3.05) is 5.32 Å². The Balaban J connectivity index is 1.77. The van der Waals surface area contributed by atoms with Gasteiger partial charge in [0.2, 0.25) is 0 Å². The highest BCUT2D eigenvalue weighted by molar-refractivity contribution is 5.85. The van der Waals surface area contributed by atoms with Gasteiger partial charge in [0.05, 0.1) is 12.0 Å². The van der Waals surface area contributed by atoms with Crippen LogP contribution in [-0.2, 0) is 0 Å². The molecule has 0 aromatic heterocycles. The molecule has 24 heavy (non-hydrogen) atoms. The van der Waals surface area contributed by atoms with Crippen molar-refractivity contribution in [1.29, 1.82) is 0 Å². The van der Waals surface area contributed by atoms with E-state index in [2.05, 4.69) is 43.4 Å². The molecule has 1 aliphatic heterocycles. The van der Waals surface area contributed by atoms with Crippen molar-refractivity contribution < 1.29 is 9.90 Å². The Morgan fingerprint density at radius 1 is 1.12 bits per heavy atom. The molecule has 1 N–H and O–H groups in total. The quantitative estimate of drug-likeness (QED) is 0.862. The van der Waals surface area contributed by atoms with Gasteiger partial charge in [-0.25, -0.2) is 0 Å². The van der Waals surface area contributed by atoms with Gasteiger partial charge in [0.25, 0.3) is 0 Å². The number of carboxylic acids is 1. The van der Waals surface area contributed by atoms with Crippen LogP contribution < -0.4 is 10.4 Å². The van der Waals surface area contributed by atoms with Crippen molar-refractivity contribution in [3.63, 3.8) is 0 Å². The average Bonchev–Trinajstić information content (AvgIpc) is 3.07. The minimum atomic E-state index is -1.13. The SMILES string of the molecule is Cc1ccc2c(c1C)N[C@H](c1ccc(C(=O)[O-])cc1)[C@@H]1CC=C[C@H]21. The number of nitrogens with one attached hydrogen (secondary N) is 1. The first-order chi connectivity index (χ1) is 11.6. The summed E-state index contributed by atoms with van der Waals surface area (Å²) in [6, 6.07) is 11.7. The van der Waals surface area contributed by atoms with E-state index in [4.69, 9.17) is 0 Å². The number of carbonyl (C=O) groups excluding carboxylic acids is 1. The molecule has 3 heteroatoms. The van der Waals surface area contributed by atoms with E-state index in [0.717, 1.165) is 12.0 Å². The molecule has 3 nitrogen and oxygen atoms in total. The highest BCUT2D eigenvalue weighted by Crippen LogP contribution is 2.50. The van der Waals surface area contributed by atoms with Crippen LogP contribution in [0.5, 0.6) is 0 Å². The van der Waals surface area contributed by atoms with Gasteiger partial charge in [-0.3, -0.25) is 0 Å². The van der Waals surface area contributed by atoms with Crippen molar-refractivity contribution in [3.05, 3.63) is 76.4 Å². The van der Waals surface area contributed by atoms with Crippen molar-refractivity contribution >= 4 is 11.7 Å². The molecule has 0 saturated heterocycles. The van der Waals surface area contributed by atoms with E-state index >= 15 is 0 Å². The fourth-order valence-electron chi connectivity index (χ4n) is 4.08. The Hall–Kier alpha value is -2.55. The van der Waals surface area contributed by atoms with Crippen LogP contribution >= 0.6 is 0 Å². The predicted octanol–water partition coefficient (Wildman–Crippen LogP) is 3.49. The molecular formula is C21H20NO2-. The lowest BCUT2D eigenvalue weighted by Crippen LogP contribution is -2.30. The number of aromatic carboxylic acids is 1. The van der Waals surface area contributed by atoms with E-state index in [-0.39, 0.29) is 11.6 Å². The maximum atomic E-state index is 11.0. The third-order valence-electron chi connectivity index (χ3n) is 5.57. The van der Waals surface area contributed by atoms with E-state index < -0.39 is 5.97 Å². The van der Waals surface area contributed by atoms with Crippen LogP contribution in [0.1, 0.15) is 51.0 Å². The van der Waals surface area contributed by atoms with Crippen LogP contribution in [0.3, 0.4) is 0 Å². The number of aryl methyl sites for hydroxylation is 1. The van der Waals surface area contributed by atoms with Gasteiger partial charge < -0.3 is 15.2 Å². The average molecular weight is 318 g/mol. The molecule has 0 saturated carbocycles. The lowest BCUT2D eigenvalue weighted by Gasteiger charge is -2.38. The Bertz CT molecular complexity index is 836. The molecule has 2 aromatic rings. The maximum absolute atomic E-state index is 11.0. The molecule has 4 rings (SSSR count). The Morgan fingerprint density at radius 3 is 2.58 bits per heavy atom. The summed E-state index contributed by atoms with van der Waals surface area (Å²) in [4.78, 5) is 11.0. The number of carbonyl (C=O) groups is 1. The second-order valence-electron chi connectivity index (χ2n) is 6.86. The third-order valence-corrected chi connectivity index (χ3v) is 5.57. The smallest absolute Gasteiger partial charge is 0.0715 e. The van der Waals surface area contributed by atoms with Crippen LogP contribution in [-0.4, -0.2) is 5.97 Å². The summed E-state index contributed by atoms with van der Waals surface area (Å²) in [7, 11) is 0. The summed E-state index contributed by atoms with van der Waals surface area (Å²) in [5, 5.41) is 14.7. The van der Waals surface area contributed by atoms with Crippen molar-refractivity contribution in [2.45, 2.75) is 32.2 Å². The van der Waals surface area contributed by atoms with Crippen LogP contribution in [0, 0.1) is 19.8 Å². The number of benzene rings is 2. The molecule has 3 atom stereocenters. The molecule has 2 aromatic carbocycles. The molecule has 0 unspecified atom stereocenters. The van der Waals surface area contributed by atoms with Gasteiger partial charge in [-0.1, -0.05) is 48.6 Å². The van der Waals surface area contributed by atoms with Gasteiger partial charge in [0.1, 0.15) is 0 Å². The number of anilines is 1. The minimum Gasteiger partial charge on any atom is -0.545 e. The zero-order valence-electron chi connectivity index (χ0n) is 13.9. The number of rotatable bonds is 2. The van der Waals surface area contributed by atoms with Gasteiger partial charge in [-0.15, -0.1) is 0 Å². The minimum absolute atomic E-state index is 0.189. The molecule has 0 fully saturated rings. The molecule has 1 heterocycles. The predicted molar refractivity (Wildman–Crippen MR) is 93.0 cm³/mol. The van der Waals surface area contributed by atoms with E-state index in [1.807, 2.05) is 12.1 Å². The summed E-state index contributed by atoms with van der Waals surface area (Å²) < 4.78 is 0. The van der Waals surface area contributed by atoms with E-state index in [9.17, 15) is 9.90 Å². The van der Waals surface area contributed by atoms with E-state index in [0.29, 0.717) is 11.8 Å². The Kier molecular flexibility index (Phi) is 3.45. The standard InChI is InChI=1S/C21H21NO2/c1-12-6-11-18-16-4-3-5-17(16)20(22-19(18)13(12)2)14-7-9-15(10-8-14)21(23)24/h3-4,6-11,16-17,20,22H,5H2,1-2H3,(H,23,24)/p-1/t16-,17+,20+/m0/s1. The highest BCUT2D eigenvalue weighted by atomic mass is 16.4. The zero-order valence-corrected chi connectivity index (χ0v) is 13.9. The van der Waals surface area contributed by atoms with Crippen LogP contribution in [0.4, 0.5) is 5.69 Å². The molecule has 0 bridgehead atoms. The number of allylic oxidation sites excluding steroid dienone is 2. The third kappa shape index (κ3) is 2.23. The van der Waals surface area contributed by atoms with Crippen molar-refractivity contribution in [2.24, 2.45) is 5.92 Å². The molecule has 2 aliphatic rings. The van der Waals surface area contributed by atoms with E-state index in [1.54, 1.807) is 12.1 Å². The summed E-state index contributed by atoms with van der Waals surface area (Å²) in [5.41, 5.74) is 6.54. The first-order valence-corrected chi connectivity index (χ1v) is 8.41. The van der Waals surface area contributed by atoms with Gasteiger partial charge in [-0.2, -0.15) is 0 Å². The van der Waals surface area contributed by atoms with Gasteiger partial charge in [0.15, 0.2) is 0 Å². The molecule has 0 radical (unpaired) electrons. The Morgan fingerprint density at radius 2 is 1.88 bits per heavy atom. The van der Waals surface area contributed by atoms with Gasteiger partial charge in [-0.05, 0) is 54.0 Å². The summed E-state index contributed by atoms with van der Waals surface area (Å²) in [5.74, 6) is -0.241. The number of hydrogen-bond acceptors (Lipinski definition) is 3. The number of fused-ring (bicyclic) bond motifs is 3. The first-order valence-electron chi connectivity index (χ1n) is 8.41.